The van der Waals surface area contributed by atoms with Crippen LogP contribution in [0.4, 0.5) is 0 Å². The summed E-state index contributed by atoms with van der Waals surface area (Å²) in [5.41, 5.74) is 1.64. The first kappa shape index (κ1) is 17.5. The van der Waals surface area contributed by atoms with Crippen LogP contribution in [0.5, 0.6) is 28.7 Å². The molecular formula is C18H21NO5. The van der Waals surface area contributed by atoms with Crippen molar-refractivity contribution < 1.29 is 23.8 Å². The molecule has 128 valence electrons. The zero-order chi connectivity index (χ0) is 17.5. The van der Waals surface area contributed by atoms with Crippen LogP contribution in [-0.4, -0.2) is 34.2 Å². The van der Waals surface area contributed by atoms with Crippen molar-refractivity contribution >= 4 is 5.71 Å². The van der Waals surface area contributed by atoms with Gasteiger partial charge in [0.05, 0.1) is 34.2 Å². The minimum absolute atomic E-state index is 0.420. The highest BCUT2D eigenvalue weighted by Gasteiger charge is 2.17. The zero-order valence-electron chi connectivity index (χ0n) is 14.5. The van der Waals surface area contributed by atoms with Gasteiger partial charge in [-0.25, -0.2) is 0 Å². The van der Waals surface area contributed by atoms with Gasteiger partial charge < -0.3 is 23.8 Å². The molecule has 0 spiro atoms. The monoisotopic (exact) mass is 331 g/mol. The number of hydrogen-bond donors (Lipinski definition) is 0. The quantitative estimate of drug-likeness (QED) is 0.574. The third kappa shape index (κ3) is 3.71. The van der Waals surface area contributed by atoms with Gasteiger partial charge in [-0.3, -0.25) is 0 Å². The number of ether oxygens (including phenoxy) is 4. The zero-order valence-corrected chi connectivity index (χ0v) is 14.5. The van der Waals surface area contributed by atoms with E-state index < -0.39 is 0 Å². The third-order valence-corrected chi connectivity index (χ3v) is 3.46. The molecule has 2 aromatic rings. The van der Waals surface area contributed by atoms with Crippen LogP contribution < -0.4 is 23.8 Å². The molecule has 0 saturated heterocycles. The van der Waals surface area contributed by atoms with Crippen LogP contribution in [0, 0.1) is 0 Å². The maximum atomic E-state index is 5.54. The van der Waals surface area contributed by atoms with Crippen molar-refractivity contribution in [3.63, 3.8) is 0 Å². The van der Waals surface area contributed by atoms with Crippen molar-refractivity contribution in [3.8, 4) is 28.7 Å². The number of hydrogen-bond acceptors (Lipinski definition) is 6. The maximum Gasteiger partial charge on any atom is 0.210 e. The van der Waals surface area contributed by atoms with Gasteiger partial charge in [-0.1, -0.05) is 5.16 Å². The fourth-order valence-electron chi connectivity index (χ4n) is 2.15. The molecule has 24 heavy (non-hydrogen) atoms. The van der Waals surface area contributed by atoms with Gasteiger partial charge in [0.15, 0.2) is 5.75 Å². The Hall–Kier alpha value is -2.89. The molecular weight excluding hydrogens is 310 g/mol. The van der Waals surface area contributed by atoms with Crippen molar-refractivity contribution in [3.05, 3.63) is 42.0 Å². The van der Waals surface area contributed by atoms with Gasteiger partial charge in [-0.15, -0.1) is 0 Å². The van der Waals surface area contributed by atoms with E-state index in [0.29, 0.717) is 23.0 Å². The predicted molar refractivity (Wildman–Crippen MR) is 91.9 cm³/mol. The Balaban J connectivity index is 2.26. The second-order valence-corrected chi connectivity index (χ2v) is 4.83. The molecule has 0 aliphatic rings. The van der Waals surface area contributed by atoms with Crippen molar-refractivity contribution in [1.29, 1.82) is 0 Å². The van der Waals surface area contributed by atoms with E-state index in [2.05, 4.69) is 5.16 Å². The van der Waals surface area contributed by atoms with Crippen molar-refractivity contribution in [1.82, 2.24) is 0 Å². The summed E-state index contributed by atoms with van der Waals surface area (Å²) in [6.45, 7) is 1.86. The van der Waals surface area contributed by atoms with Gasteiger partial charge in [-0.2, -0.15) is 0 Å². The Morgan fingerprint density at radius 1 is 0.708 bits per heavy atom. The molecule has 0 N–H and O–H groups in total. The van der Waals surface area contributed by atoms with Crippen molar-refractivity contribution in [2.45, 2.75) is 6.92 Å². The first-order valence-corrected chi connectivity index (χ1v) is 7.29. The highest BCUT2D eigenvalue weighted by Crippen LogP contribution is 2.44. The average Bonchev–Trinajstić information content (AvgIpc) is 2.64. The van der Waals surface area contributed by atoms with E-state index in [9.17, 15) is 0 Å². The van der Waals surface area contributed by atoms with Gasteiger partial charge in [0.2, 0.25) is 17.2 Å². The Labute approximate surface area is 141 Å². The molecule has 6 nitrogen and oxygen atoms in total. The minimum Gasteiger partial charge on any atom is -0.497 e. The fraction of sp³-hybridized carbons (Fsp3) is 0.278. The first-order chi connectivity index (χ1) is 11.6. The van der Waals surface area contributed by atoms with Crippen LogP contribution in [0.1, 0.15) is 12.5 Å². The van der Waals surface area contributed by atoms with E-state index in [4.69, 9.17) is 23.8 Å². The van der Waals surface area contributed by atoms with E-state index in [1.54, 1.807) is 26.4 Å². The first-order valence-electron chi connectivity index (χ1n) is 7.29. The SMILES string of the molecule is COc1ccc(/C(C)=N/Oc2ccc(OC)c(OC)c2OC)cc1. The molecule has 6 heteroatoms. The van der Waals surface area contributed by atoms with Crippen molar-refractivity contribution in [2.24, 2.45) is 5.16 Å². The van der Waals surface area contributed by atoms with Gasteiger partial charge in [-0.05, 0) is 48.9 Å². The number of methoxy groups -OCH3 is 4. The third-order valence-electron chi connectivity index (χ3n) is 3.46. The van der Waals surface area contributed by atoms with E-state index in [1.807, 2.05) is 31.2 Å². The van der Waals surface area contributed by atoms with Crippen LogP contribution in [0.2, 0.25) is 0 Å². The molecule has 0 amide bonds. The molecule has 0 aliphatic heterocycles. The van der Waals surface area contributed by atoms with E-state index in [-0.39, 0.29) is 0 Å². The van der Waals surface area contributed by atoms with Gasteiger partial charge in [0, 0.05) is 0 Å². The lowest BCUT2D eigenvalue weighted by Crippen LogP contribution is -2.00. The van der Waals surface area contributed by atoms with Crippen molar-refractivity contribution in [2.75, 3.05) is 28.4 Å². The molecule has 0 fully saturated rings. The Bertz CT molecular complexity index is 710. The Kier molecular flexibility index (Phi) is 5.89. The normalized spacial score (nSPS) is 11.0. The number of rotatable bonds is 7. The molecule has 2 aromatic carbocycles. The summed E-state index contributed by atoms with van der Waals surface area (Å²) in [7, 11) is 6.26. The van der Waals surface area contributed by atoms with Crippen LogP contribution in [-0.2, 0) is 0 Å². The molecule has 0 radical (unpaired) electrons. The second kappa shape index (κ2) is 8.10. The van der Waals surface area contributed by atoms with Gasteiger partial charge >= 0.3 is 0 Å². The van der Waals surface area contributed by atoms with Gasteiger partial charge in [0.25, 0.3) is 0 Å². The molecule has 0 atom stereocenters. The standard InChI is InChI=1S/C18H21NO5/c1-12(13-6-8-14(20-2)9-7-13)19-24-16-11-10-15(21-3)17(22-4)18(16)23-5/h6-11H,1-5H3/b19-12+. The predicted octanol–water partition coefficient (Wildman–Crippen LogP) is 3.52. The summed E-state index contributed by atoms with van der Waals surface area (Å²) in [6.07, 6.45) is 0. The topological polar surface area (TPSA) is 58.5 Å². The van der Waals surface area contributed by atoms with E-state index >= 15 is 0 Å². The minimum atomic E-state index is 0.420. The second-order valence-electron chi connectivity index (χ2n) is 4.83. The summed E-state index contributed by atoms with van der Waals surface area (Å²) in [6, 6.07) is 11.0. The van der Waals surface area contributed by atoms with Gasteiger partial charge in [0.1, 0.15) is 5.75 Å². The Morgan fingerprint density at radius 2 is 1.29 bits per heavy atom. The van der Waals surface area contributed by atoms with E-state index in [0.717, 1.165) is 17.0 Å². The molecule has 0 saturated carbocycles. The molecule has 0 bridgehead atoms. The van der Waals surface area contributed by atoms with Crippen LogP contribution in [0.25, 0.3) is 0 Å². The molecule has 2 rings (SSSR count). The summed E-state index contributed by atoms with van der Waals surface area (Å²) < 4.78 is 21.1. The summed E-state index contributed by atoms with van der Waals surface area (Å²) in [4.78, 5) is 5.54. The fourth-order valence-corrected chi connectivity index (χ4v) is 2.15. The highest BCUT2D eigenvalue weighted by atomic mass is 16.6. The molecule has 0 heterocycles. The summed E-state index contributed by atoms with van der Waals surface area (Å²) >= 11 is 0. The largest absolute Gasteiger partial charge is 0.497 e. The van der Waals surface area contributed by atoms with Crippen LogP contribution in [0.15, 0.2) is 41.6 Å². The van der Waals surface area contributed by atoms with Crippen LogP contribution in [0.3, 0.4) is 0 Å². The smallest absolute Gasteiger partial charge is 0.210 e. The maximum absolute atomic E-state index is 5.54. The lowest BCUT2D eigenvalue weighted by molar-refractivity contribution is 0.287. The lowest BCUT2D eigenvalue weighted by atomic mass is 10.1. The molecule has 0 aromatic heterocycles. The summed E-state index contributed by atoms with van der Waals surface area (Å²) in [5, 5.41) is 4.16. The molecule has 0 unspecified atom stereocenters. The van der Waals surface area contributed by atoms with E-state index in [1.165, 1.54) is 14.2 Å². The molecule has 0 aliphatic carbocycles. The lowest BCUT2D eigenvalue weighted by Gasteiger charge is -2.14. The number of oxime groups is 1. The number of nitrogens with zero attached hydrogens (tertiary/aromatic N) is 1. The van der Waals surface area contributed by atoms with Crippen LogP contribution >= 0.6 is 0 Å². The Morgan fingerprint density at radius 3 is 1.83 bits per heavy atom. The average molecular weight is 331 g/mol. The highest BCUT2D eigenvalue weighted by molar-refractivity contribution is 5.98. The summed E-state index contributed by atoms with van der Waals surface area (Å²) in [5.74, 6) is 2.65. The number of benzene rings is 2.